The number of hydrogen-bond donors (Lipinski definition) is 5. The lowest BCUT2D eigenvalue weighted by molar-refractivity contribution is -0.145. The molecular formula is C25H47N3O10. The lowest BCUT2D eigenvalue weighted by Crippen LogP contribution is -2.43. The van der Waals surface area contributed by atoms with E-state index in [0.717, 1.165) is 22.8 Å². The van der Waals surface area contributed by atoms with Gasteiger partial charge in [0.25, 0.3) is 0 Å². The number of likely N-dealkylation sites (N-methyl/N-ethyl adjacent to an activating group) is 1. The van der Waals surface area contributed by atoms with Gasteiger partial charge >= 0.3 is 29.8 Å². The summed E-state index contributed by atoms with van der Waals surface area (Å²) in [6.07, 6.45) is 13.3. The number of rotatable bonds is 24. The Morgan fingerprint density at radius 3 is 1.03 bits per heavy atom. The summed E-state index contributed by atoms with van der Waals surface area (Å²) < 4.78 is 0. The number of hydrogen-bond acceptors (Lipinski definition) is 8. The molecule has 0 aromatic heterocycles. The van der Waals surface area contributed by atoms with Crippen LogP contribution in [0.4, 0.5) is 0 Å². The van der Waals surface area contributed by atoms with Crippen LogP contribution in [-0.2, 0) is 24.0 Å². The van der Waals surface area contributed by atoms with E-state index in [2.05, 4.69) is 6.92 Å². The van der Waals surface area contributed by atoms with Crippen molar-refractivity contribution in [2.45, 2.75) is 71.1 Å². The SMILES string of the molecule is CCCCCCCCCCCCN(C)CC(=O)O.O=C(O)CN(CCN(CC(=O)O)CC(=O)O)CC(=O)O. The molecule has 0 aliphatic heterocycles. The summed E-state index contributed by atoms with van der Waals surface area (Å²) in [7, 11) is 1.88. The van der Waals surface area contributed by atoms with Crippen LogP contribution in [0, 0.1) is 0 Å². The molecular weight excluding hydrogens is 502 g/mol. The summed E-state index contributed by atoms with van der Waals surface area (Å²) in [4.78, 5) is 56.7. The van der Waals surface area contributed by atoms with Crippen molar-refractivity contribution in [1.82, 2.24) is 14.7 Å². The zero-order valence-electron chi connectivity index (χ0n) is 22.8. The van der Waals surface area contributed by atoms with E-state index >= 15 is 0 Å². The average Bonchev–Trinajstić information content (AvgIpc) is 2.77. The molecule has 0 bridgehead atoms. The van der Waals surface area contributed by atoms with E-state index in [1.807, 2.05) is 11.9 Å². The average molecular weight is 550 g/mol. The summed E-state index contributed by atoms with van der Waals surface area (Å²) in [5.74, 6) is -5.64. The van der Waals surface area contributed by atoms with E-state index < -0.39 is 56.0 Å². The van der Waals surface area contributed by atoms with Crippen molar-refractivity contribution in [2.75, 3.05) is 59.4 Å². The first-order valence-corrected chi connectivity index (χ1v) is 13.1. The molecule has 13 heteroatoms. The summed E-state index contributed by atoms with van der Waals surface area (Å²) in [6.45, 7) is 1.07. The predicted octanol–water partition coefficient (Wildman–Crippen LogP) is 1.85. The molecule has 0 saturated heterocycles. The van der Waals surface area contributed by atoms with Crippen molar-refractivity contribution in [3.05, 3.63) is 0 Å². The summed E-state index contributed by atoms with van der Waals surface area (Å²) in [5.41, 5.74) is 0. The largest absolute Gasteiger partial charge is 0.480 e. The third-order valence-electron chi connectivity index (χ3n) is 5.47. The number of aliphatic carboxylic acids is 5. The van der Waals surface area contributed by atoms with Gasteiger partial charge in [0.2, 0.25) is 0 Å². The smallest absolute Gasteiger partial charge is 0.317 e. The molecule has 0 atom stereocenters. The minimum absolute atomic E-state index is 0.0703. The molecule has 0 aliphatic carbocycles. The highest BCUT2D eigenvalue weighted by atomic mass is 16.4. The first-order valence-electron chi connectivity index (χ1n) is 13.1. The molecule has 0 amide bonds. The van der Waals surface area contributed by atoms with Crippen LogP contribution in [0.2, 0.25) is 0 Å². The standard InChI is InChI=1S/C15H31NO2.C10H16N2O8/c1-3-4-5-6-7-8-9-10-11-12-13-16(2)14-15(17)18;13-7(14)3-11(4-8(15)16)1-2-12(5-9(17)18)6-10(19)20/h3-14H2,1-2H3,(H,17,18);1-6H2,(H,13,14)(H,15,16)(H,17,18)(H,19,20). The third-order valence-corrected chi connectivity index (χ3v) is 5.47. The Hall–Kier alpha value is -2.77. The van der Waals surface area contributed by atoms with Crippen LogP contribution in [0.5, 0.6) is 0 Å². The molecule has 222 valence electrons. The summed E-state index contributed by atoms with van der Waals surface area (Å²) >= 11 is 0. The number of unbranched alkanes of at least 4 members (excludes halogenated alkanes) is 9. The summed E-state index contributed by atoms with van der Waals surface area (Å²) in [6, 6.07) is 0. The first-order chi connectivity index (χ1) is 17.9. The number of carbonyl (C=O) groups is 5. The van der Waals surface area contributed by atoms with Crippen molar-refractivity contribution < 1.29 is 49.5 Å². The first kappa shape index (κ1) is 37.4. The minimum atomic E-state index is -1.23. The van der Waals surface area contributed by atoms with Crippen LogP contribution < -0.4 is 0 Å². The Bertz CT molecular complexity index is 622. The zero-order chi connectivity index (χ0) is 29.3. The van der Waals surface area contributed by atoms with Crippen LogP contribution in [0.3, 0.4) is 0 Å². The second-order valence-corrected chi connectivity index (χ2v) is 9.31. The predicted molar refractivity (Wildman–Crippen MR) is 140 cm³/mol. The van der Waals surface area contributed by atoms with Gasteiger partial charge in [-0.25, -0.2) is 0 Å². The van der Waals surface area contributed by atoms with E-state index in [1.54, 1.807) is 0 Å². The van der Waals surface area contributed by atoms with Gasteiger partial charge in [0.05, 0.1) is 32.7 Å². The fourth-order valence-corrected chi connectivity index (χ4v) is 3.66. The second kappa shape index (κ2) is 24.6. The van der Waals surface area contributed by atoms with Gasteiger partial charge in [-0.15, -0.1) is 0 Å². The van der Waals surface area contributed by atoms with Gasteiger partial charge < -0.3 is 25.5 Å². The monoisotopic (exact) mass is 549 g/mol. The zero-order valence-corrected chi connectivity index (χ0v) is 22.8. The molecule has 0 fully saturated rings. The van der Waals surface area contributed by atoms with Crippen LogP contribution in [0.1, 0.15) is 71.1 Å². The Kier molecular flexibility index (Phi) is 24.2. The maximum atomic E-state index is 10.6. The molecule has 0 aromatic carbocycles. The van der Waals surface area contributed by atoms with E-state index in [9.17, 15) is 24.0 Å². The Morgan fingerprint density at radius 2 is 0.737 bits per heavy atom. The second-order valence-electron chi connectivity index (χ2n) is 9.31. The van der Waals surface area contributed by atoms with Gasteiger partial charge in [-0.2, -0.15) is 0 Å². The maximum absolute atomic E-state index is 10.6. The molecule has 0 heterocycles. The van der Waals surface area contributed by atoms with Gasteiger partial charge in [0, 0.05) is 13.1 Å². The van der Waals surface area contributed by atoms with Gasteiger partial charge in [-0.1, -0.05) is 64.7 Å². The van der Waals surface area contributed by atoms with E-state index in [0.29, 0.717) is 0 Å². The molecule has 13 nitrogen and oxygen atoms in total. The van der Waals surface area contributed by atoms with Gasteiger partial charge in [0.15, 0.2) is 0 Å². The fraction of sp³-hybridized carbons (Fsp3) is 0.800. The molecule has 0 rings (SSSR count). The van der Waals surface area contributed by atoms with Crippen molar-refractivity contribution in [1.29, 1.82) is 0 Å². The van der Waals surface area contributed by atoms with Crippen LogP contribution >= 0.6 is 0 Å². The molecule has 0 saturated carbocycles. The minimum Gasteiger partial charge on any atom is -0.480 e. The molecule has 0 spiro atoms. The van der Waals surface area contributed by atoms with Gasteiger partial charge in [-0.3, -0.25) is 38.7 Å². The molecule has 0 aliphatic rings. The molecule has 0 unspecified atom stereocenters. The van der Waals surface area contributed by atoms with E-state index in [1.165, 1.54) is 57.8 Å². The van der Waals surface area contributed by atoms with Crippen molar-refractivity contribution >= 4 is 29.8 Å². The van der Waals surface area contributed by atoms with Crippen molar-refractivity contribution in [3.8, 4) is 0 Å². The van der Waals surface area contributed by atoms with Crippen molar-refractivity contribution in [2.24, 2.45) is 0 Å². The molecule has 5 N–H and O–H groups in total. The third kappa shape index (κ3) is 29.5. The Morgan fingerprint density at radius 1 is 0.447 bits per heavy atom. The topological polar surface area (TPSA) is 196 Å². The maximum Gasteiger partial charge on any atom is 0.317 e. The lowest BCUT2D eigenvalue weighted by Gasteiger charge is -2.23. The highest BCUT2D eigenvalue weighted by molar-refractivity contribution is 5.73. The fourth-order valence-electron chi connectivity index (χ4n) is 3.66. The highest BCUT2D eigenvalue weighted by Gasteiger charge is 2.18. The number of carboxylic acids is 5. The quantitative estimate of drug-likeness (QED) is 0.109. The molecule has 0 radical (unpaired) electrons. The van der Waals surface area contributed by atoms with Crippen LogP contribution in [-0.4, -0.2) is 129 Å². The summed E-state index contributed by atoms with van der Waals surface area (Å²) in [5, 5.41) is 43.1. The normalized spacial score (nSPS) is 10.9. The van der Waals surface area contributed by atoms with E-state index in [4.69, 9.17) is 25.5 Å². The number of carboxylic acid groups (broad SMARTS) is 5. The van der Waals surface area contributed by atoms with Crippen molar-refractivity contribution in [3.63, 3.8) is 0 Å². The van der Waals surface area contributed by atoms with Gasteiger partial charge in [-0.05, 0) is 20.0 Å². The highest BCUT2D eigenvalue weighted by Crippen LogP contribution is 2.10. The van der Waals surface area contributed by atoms with Crippen LogP contribution in [0.15, 0.2) is 0 Å². The molecule has 38 heavy (non-hydrogen) atoms. The van der Waals surface area contributed by atoms with Gasteiger partial charge in [0.1, 0.15) is 0 Å². The molecule has 0 aromatic rings. The number of nitrogens with zero attached hydrogens (tertiary/aromatic N) is 3. The van der Waals surface area contributed by atoms with E-state index in [-0.39, 0.29) is 19.6 Å². The lowest BCUT2D eigenvalue weighted by atomic mass is 10.1. The van der Waals surface area contributed by atoms with Crippen LogP contribution in [0.25, 0.3) is 0 Å². The Labute approximate surface area is 225 Å². The Balaban J connectivity index is 0.